The Kier molecular flexibility index (Phi) is 9.02. The maximum atomic E-state index is 12.7. The van der Waals surface area contributed by atoms with Crippen LogP contribution in [0.3, 0.4) is 0 Å². The minimum absolute atomic E-state index is 0.0303. The molecule has 3 aromatic carbocycles. The molecule has 0 radical (unpaired) electrons. The highest BCUT2D eigenvalue weighted by Gasteiger charge is 2.15. The molecular formula is C26H22BrN3O6. The van der Waals surface area contributed by atoms with Gasteiger partial charge in [0.25, 0.3) is 11.6 Å². The summed E-state index contributed by atoms with van der Waals surface area (Å²) in [5.41, 5.74) is 1.51. The van der Waals surface area contributed by atoms with Gasteiger partial charge in [0.15, 0.2) is 11.5 Å². The Bertz CT molecular complexity index is 1330. The number of hydrogen-bond acceptors (Lipinski definition) is 7. The van der Waals surface area contributed by atoms with Gasteiger partial charge in [-0.1, -0.05) is 28.1 Å². The zero-order valence-electron chi connectivity index (χ0n) is 19.5. The first kappa shape index (κ1) is 26.2. The van der Waals surface area contributed by atoms with Crippen molar-refractivity contribution in [2.75, 3.05) is 19.0 Å². The van der Waals surface area contributed by atoms with Gasteiger partial charge >= 0.3 is 0 Å². The van der Waals surface area contributed by atoms with E-state index in [1.807, 2.05) is 13.0 Å². The topological polar surface area (TPSA) is 124 Å². The standard InChI is InChI=1S/C26H22BrN3O6/c1-3-35-22-9-7-20(8-10-22)29-26(31)19(15-28)12-18-13-24(34-2)25(14-23(18)27)36-16-17-5-4-6-21(11-17)30(32)33/h4-14H,3,16H2,1-2H3,(H,29,31)/b19-12-. The smallest absolute Gasteiger partial charge is 0.269 e. The minimum atomic E-state index is -0.571. The van der Waals surface area contributed by atoms with Crippen LogP contribution >= 0.6 is 15.9 Å². The van der Waals surface area contributed by atoms with Gasteiger partial charge < -0.3 is 19.5 Å². The molecule has 0 atom stereocenters. The van der Waals surface area contributed by atoms with Gasteiger partial charge in [-0.2, -0.15) is 5.26 Å². The monoisotopic (exact) mass is 551 g/mol. The number of nitrogens with zero attached hydrogens (tertiary/aromatic N) is 2. The van der Waals surface area contributed by atoms with Crippen molar-refractivity contribution in [3.63, 3.8) is 0 Å². The number of halogens is 1. The lowest BCUT2D eigenvalue weighted by atomic mass is 10.1. The molecule has 0 fully saturated rings. The number of nitro benzene ring substituents is 1. The van der Waals surface area contributed by atoms with E-state index in [2.05, 4.69) is 21.2 Å². The molecule has 0 aliphatic carbocycles. The summed E-state index contributed by atoms with van der Waals surface area (Å²) in [6, 6.07) is 18.1. The van der Waals surface area contributed by atoms with Crippen LogP contribution in [-0.4, -0.2) is 24.5 Å². The van der Waals surface area contributed by atoms with E-state index in [0.717, 1.165) is 0 Å². The first-order chi connectivity index (χ1) is 17.3. The Labute approximate surface area is 216 Å². The van der Waals surface area contributed by atoms with Crippen molar-refractivity contribution >= 4 is 39.3 Å². The van der Waals surface area contributed by atoms with Gasteiger partial charge in [-0.3, -0.25) is 14.9 Å². The van der Waals surface area contributed by atoms with E-state index < -0.39 is 10.8 Å². The third-order valence-corrected chi connectivity index (χ3v) is 5.57. The molecule has 0 aliphatic heterocycles. The number of anilines is 1. The molecule has 0 unspecified atom stereocenters. The van der Waals surface area contributed by atoms with E-state index >= 15 is 0 Å². The van der Waals surface area contributed by atoms with Gasteiger partial charge in [0, 0.05) is 22.3 Å². The van der Waals surface area contributed by atoms with Gasteiger partial charge in [-0.25, -0.2) is 0 Å². The van der Waals surface area contributed by atoms with Crippen molar-refractivity contribution in [2.24, 2.45) is 0 Å². The van der Waals surface area contributed by atoms with E-state index in [-0.39, 0.29) is 17.9 Å². The fraction of sp³-hybridized carbons (Fsp3) is 0.154. The van der Waals surface area contributed by atoms with Gasteiger partial charge in [0.05, 0.1) is 18.6 Å². The summed E-state index contributed by atoms with van der Waals surface area (Å²) in [5, 5.41) is 23.3. The number of rotatable bonds is 10. The summed E-state index contributed by atoms with van der Waals surface area (Å²) >= 11 is 3.44. The second-order valence-electron chi connectivity index (χ2n) is 7.32. The molecule has 1 N–H and O–H groups in total. The van der Waals surface area contributed by atoms with Crippen LogP contribution in [0.2, 0.25) is 0 Å². The summed E-state index contributed by atoms with van der Waals surface area (Å²) in [7, 11) is 1.46. The molecule has 0 heterocycles. The lowest BCUT2D eigenvalue weighted by Crippen LogP contribution is -2.13. The number of carbonyl (C=O) groups is 1. The summed E-state index contributed by atoms with van der Waals surface area (Å²) in [6.07, 6.45) is 1.43. The van der Waals surface area contributed by atoms with Gasteiger partial charge in [0.1, 0.15) is 24.0 Å². The van der Waals surface area contributed by atoms with E-state index in [9.17, 15) is 20.2 Å². The predicted molar refractivity (Wildman–Crippen MR) is 138 cm³/mol. The highest BCUT2D eigenvalue weighted by Crippen LogP contribution is 2.35. The zero-order valence-corrected chi connectivity index (χ0v) is 21.1. The Morgan fingerprint density at radius 1 is 1.14 bits per heavy atom. The zero-order chi connectivity index (χ0) is 26.1. The van der Waals surface area contributed by atoms with Crippen LogP contribution in [-0.2, 0) is 11.4 Å². The number of hydrogen-bond donors (Lipinski definition) is 1. The van der Waals surface area contributed by atoms with Crippen molar-refractivity contribution in [1.29, 1.82) is 5.26 Å². The fourth-order valence-corrected chi connectivity index (χ4v) is 3.60. The second kappa shape index (κ2) is 12.4. The van der Waals surface area contributed by atoms with E-state index in [1.54, 1.807) is 48.5 Å². The summed E-state index contributed by atoms with van der Waals surface area (Å²) in [5.74, 6) is 0.846. The number of amides is 1. The molecule has 0 saturated heterocycles. The quantitative estimate of drug-likeness (QED) is 0.144. The molecule has 0 bridgehead atoms. The molecule has 9 nitrogen and oxygen atoms in total. The summed E-state index contributed by atoms with van der Waals surface area (Å²) in [6.45, 7) is 2.49. The normalized spacial score (nSPS) is 10.8. The number of ether oxygens (including phenoxy) is 3. The van der Waals surface area contributed by atoms with Crippen LogP contribution in [0.25, 0.3) is 6.08 Å². The fourth-order valence-electron chi connectivity index (χ4n) is 3.16. The molecule has 36 heavy (non-hydrogen) atoms. The van der Waals surface area contributed by atoms with E-state index in [0.29, 0.717) is 45.1 Å². The van der Waals surface area contributed by atoms with Crippen molar-refractivity contribution in [1.82, 2.24) is 0 Å². The first-order valence-corrected chi connectivity index (χ1v) is 11.5. The molecule has 0 aromatic heterocycles. The number of nitriles is 1. The maximum Gasteiger partial charge on any atom is 0.269 e. The molecule has 184 valence electrons. The lowest BCUT2D eigenvalue weighted by molar-refractivity contribution is -0.384. The summed E-state index contributed by atoms with van der Waals surface area (Å²) in [4.78, 5) is 23.2. The Balaban J connectivity index is 1.78. The van der Waals surface area contributed by atoms with Crippen LogP contribution in [0.1, 0.15) is 18.1 Å². The van der Waals surface area contributed by atoms with Crippen LogP contribution in [0, 0.1) is 21.4 Å². The average Bonchev–Trinajstić information content (AvgIpc) is 2.88. The number of carbonyl (C=O) groups excluding carboxylic acids is 1. The number of nitro groups is 1. The Hall–Kier alpha value is -4.36. The molecule has 3 aromatic rings. The first-order valence-electron chi connectivity index (χ1n) is 10.7. The highest BCUT2D eigenvalue weighted by molar-refractivity contribution is 9.10. The average molecular weight is 552 g/mol. The molecule has 10 heteroatoms. The van der Waals surface area contributed by atoms with Gasteiger partial charge in [-0.15, -0.1) is 0 Å². The Morgan fingerprint density at radius 2 is 1.89 bits per heavy atom. The van der Waals surface area contributed by atoms with Crippen molar-refractivity contribution in [2.45, 2.75) is 13.5 Å². The van der Waals surface area contributed by atoms with Crippen molar-refractivity contribution in [3.8, 4) is 23.3 Å². The molecule has 0 aliphatic rings. The van der Waals surface area contributed by atoms with Crippen LogP contribution in [0.5, 0.6) is 17.2 Å². The lowest BCUT2D eigenvalue weighted by Gasteiger charge is -2.13. The van der Waals surface area contributed by atoms with Crippen molar-refractivity contribution in [3.05, 3.63) is 92.0 Å². The predicted octanol–water partition coefficient (Wildman–Crippen LogP) is 5.89. The SMILES string of the molecule is CCOc1ccc(NC(=O)/C(C#N)=C\c2cc(OC)c(OCc3cccc([N+](=O)[O-])c3)cc2Br)cc1. The van der Waals surface area contributed by atoms with Crippen molar-refractivity contribution < 1.29 is 23.9 Å². The molecule has 0 spiro atoms. The maximum absolute atomic E-state index is 12.7. The molecule has 3 rings (SSSR count). The molecule has 1 amide bonds. The minimum Gasteiger partial charge on any atom is -0.494 e. The Morgan fingerprint density at radius 3 is 2.53 bits per heavy atom. The second-order valence-corrected chi connectivity index (χ2v) is 8.18. The largest absolute Gasteiger partial charge is 0.494 e. The molecule has 0 saturated carbocycles. The third-order valence-electron chi connectivity index (χ3n) is 4.89. The van der Waals surface area contributed by atoms with Crippen LogP contribution in [0.15, 0.2) is 70.7 Å². The highest BCUT2D eigenvalue weighted by atomic mass is 79.9. The summed E-state index contributed by atoms with van der Waals surface area (Å²) < 4.78 is 17.2. The number of methoxy groups -OCH3 is 1. The number of nitrogens with one attached hydrogen (secondary N) is 1. The van der Waals surface area contributed by atoms with Crippen LogP contribution in [0.4, 0.5) is 11.4 Å². The van der Waals surface area contributed by atoms with Gasteiger partial charge in [0.2, 0.25) is 0 Å². The number of benzene rings is 3. The van der Waals surface area contributed by atoms with E-state index in [1.165, 1.54) is 25.3 Å². The number of non-ortho nitro benzene ring substituents is 1. The third kappa shape index (κ3) is 6.84. The van der Waals surface area contributed by atoms with Gasteiger partial charge in [-0.05, 0) is 60.5 Å². The van der Waals surface area contributed by atoms with Crippen LogP contribution < -0.4 is 19.5 Å². The molecular weight excluding hydrogens is 530 g/mol. The van der Waals surface area contributed by atoms with E-state index in [4.69, 9.17) is 14.2 Å².